The summed E-state index contributed by atoms with van der Waals surface area (Å²) in [5.74, 6) is -1.06. The van der Waals surface area contributed by atoms with Crippen LogP contribution in [0.4, 0.5) is 0 Å². The minimum absolute atomic E-state index is 0.00855. The zero-order valence-electron chi connectivity index (χ0n) is 21.1. The maximum Gasteiger partial charge on any atom is 0.295 e. The van der Waals surface area contributed by atoms with E-state index in [1.807, 2.05) is 13.0 Å². The molecule has 1 unspecified atom stereocenters. The van der Waals surface area contributed by atoms with Crippen LogP contribution >= 0.6 is 0 Å². The molecule has 192 valence electrons. The van der Waals surface area contributed by atoms with E-state index in [-0.39, 0.29) is 5.57 Å². The van der Waals surface area contributed by atoms with Crippen molar-refractivity contribution < 1.29 is 29.1 Å². The lowest BCUT2D eigenvalue weighted by Crippen LogP contribution is -3.14. The number of carbonyl (C=O) groups is 2. The lowest BCUT2D eigenvalue weighted by molar-refractivity contribution is -0.908. The Bertz CT molecular complexity index is 1100. The maximum atomic E-state index is 13.7. The second kappa shape index (κ2) is 12.1. The molecule has 2 saturated heterocycles. The smallest absolute Gasteiger partial charge is 0.295 e. The number of carbonyl (C=O) groups excluding carboxylic acids is 2. The zero-order valence-corrected chi connectivity index (χ0v) is 21.1. The summed E-state index contributed by atoms with van der Waals surface area (Å²) in [5, 5.41) is 13.7. The van der Waals surface area contributed by atoms with Gasteiger partial charge >= 0.3 is 0 Å². The molecule has 0 radical (unpaired) electrons. The first-order chi connectivity index (χ1) is 17.5. The number of morpholine rings is 1. The number of hydrogen-bond acceptors (Lipinski definition) is 6. The third-order valence-electron chi connectivity index (χ3n) is 6.85. The third kappa shape index (κ3) is 5.77. The molecule has 2 aliphatic rings. The Labute approximate surface area is 212 Å². The van der Waals surface area contributed by atoms with Gasteiger partial charge in [0.05, 0.1) is 32.4 Å². The highest BCUT2D eigenvalue weighted by Crippen LogP contribution is 2.38. The molecule has 4 rings (SSSR count). The molecule has 0 spiro atoms. The van der Waals surface area contributed by atoms with Crippen LogP contribution in [0, 0.1) is 6.92 Å². The van der Waals surface area contributed by atoms with Crippen LogP contribution in [0.3, 0.4) is 0 Å². The van der Waals surface area contributed by atoms with Gasteiger partial charge in [0.15, 0.2) is 0 Å². The van der Waals surface area contributed by atoms with E-state index in [1.54, 1.807) is 41.6 Å². The van der Waals surface area contributed by atoms with Gasteiger partial charge in [0.25, 0.3) is 5.91 Å². The van der Waals surface area contributed by atoms with Gasteiger partial charge < -0.3 is 24.4 Å². The number of Topliss-reactive ketones (excluding diaryl/α,β-unsaturated/α-hetero) is 1. The molecule has 1 aromatic carbocycles. The number of rotatable bonds is 10. The van der Waals surface area contributed by atoms with Gasteiger partial charge in [-0.25, -0.2) is 0 Å². The normalized spacial score (nSPS) is 20.2. The van der Waals surface area contributed by atoms with E-state index < -0.39 is 23.5 Å². The Morgan fingerprint density at radius 1 is 1.22 bits per heavy atom. The number of quaternary nitrogens is 1. The molecule has 0 aliphatic carbocycles. The Morgan fingerprint density at radius 3 is 2.72 bits per heavy atom. The van der Waals surface area contributed by atoms with Crippen LogP contribution in [-0.2, 0) is 14.3 Å². The molecular weight excluding hydrogens is 458 g/mol. The fourth-order valence-corrected chi connectivity index (χ4v) is 4.83. The van der Waals surface area contributed by atoms with Gasteiger partial charge in [0.2, 0.25) is 5.78 Å². The third-order valence-corrected chi connectivity index (χ3v) is 6.85. The number of ether oxygens (including phenoxy) is 2. The minimum atomic E-state index is -0.744. The first kappa shape index (κ1) is 25.9. The van der Waals surface area contributed by atoms with E-state index in [4.69, 9.17) is 9.47 Å². The largest absolute Gasteiger partial charge is 0.872 e. The molecular formula is C28H35N3O5. The minimum Gasteiger partial charge on any atom is -0.872 e. The van der Waals surface area contributed by atoms with E-state index in [1.165, 1.54) is 4.90 Å². The molecule has 1 atom stereocenters. The van der Waals surface area contributed by atoms with E-state index in [0.29, 0.717) is 24.3 Å². The highest BCUT2D eigenvalue weighted by Gasteiger charge is 2.44. The number of pyridine rings is 1. The Balaban J connectivity index is 1.62. The molecule has 1 aromatic heterocycles. The highest BCUT2D eigenvalue weighted by atomic mass is 16.5. The highest BCUT2D eigenvalue weighted by molar-refractivity contribution is 6.46. The first-order valence-electron chi connectivity index (χ1n) is 12.8. The molecule has 0 bridgehead atoms. The maximum absolute atomic E-state index is 13.7. The van der Waals surface area contributed by atoms with Crippen LogP contribution in [0.2, 0.25) is 0 Å². The molecule has 36 heavy (non-hydrogen) atoms. The van der Waals surface area contributed by atoms with Gasteiger partial charge in [-0.15, -0.1) is 0 Å². The fourth-order valence-electron chi connectivity index (χ4n) is 4.83. The lowest BCUT2D eigenvalue weighted by atomic mass is 9.95. The lowest BCUT2D eigenvalue weighted by Gasteiger charge is -2.28. The monoisotopic (exact) mass is 493 g/mol. The van der Waals surface area contributed by atoms with Gasteiger partial charge in [-0.2, -0.15) is 0 Å². The van der Waals surface area contributed by atoms with E-state index in [2.05, 4.69) is 11.9 Å². The summed E-state index contributed by atoms with van der Waals surface area (Å²) in [6.45, 7) is 9.21. The van der Waals surface area contributed by atoms with Crippen molar-refractivity contribution in [2.75, 3.05) is 46.0 Å². The van der Waals surface area contributed by atoms with Gasteiger partial charge in [0, 0.05) is 30.9 Å². The summed E-state index contributed by atoms with van der Waals surface area (Å²) < 4.78 is 11.2. The van der Waals surface area contributed by atoms with Crippen molar-refractivity contribution in [2.45, 2.75) is 39.2 Å². The van der Waals surface area contributed by atoms with Gasteiger partial charge in [-0.3, -0.25) is 14.6 Å². The molecule has 2 fully saturated rings. The summed E-state index contributed by atoms with van der Waals surface area (Å²) in [7, 11) is 0. The zero-order chi connectivity index (χ0) is 25.5. The number of aromatic nitrogens is 1. The fraction of sp³-hybridized carbons (Fsp3) is 0.464. The summed E-state index contributed by atoms with van der Waals surface area (Å²) >= 11 is 0. The number of nitrogens with zero attached hydrogens (tertiary/aromatic N) is 2. The van der Waals surface area contributed by atoms with Gasteiger partial charge in [-0.1, -0.05) is 31.2 Å². The van der Waals surface area contributed by atoms with E-state index >= 15 is 0 Å². The van der Waals surface area contributed by atoms with Crippen LogP contribution in [0.5, 0.6) is 5.75 Å². The van der Waals surface area contributed by atoms with Crippen molar-refractivity contribution >= 4 is 17.4 Å². The number of amides is 1. The average Bonchev–Trinajstić information content (AvgIpc) is 3.15. The van der Waals surface area contributed by atoms with Gasteiger partial charge in [-0.05, 0) is 48.2 Å². The van der Waals surface area contributed by atoms with Crippen molar-refractivity contribution in [3.05, 3.63) is 65.0 Å². The second-order valence-electron chi connectivity index (χ2n) is 9.41. The number of nitrogens with one attached hydrogen (secondary N) is 1. The molecule has 8 nitrogen and oxygen atoms in total. The van der Waals surface area contributed by atoms with E-state index in [0.717, 1.165) is 63.4 Å². The van der Waals surface area contributed by atoms with Crippen LogP contribution in [0.25, 0.3) is 5.76 Å². The second-order valence-corrected chi connectivity index (χ2v) is 9.41. The topological polar surface area (TPSA) is 96.2 Å². The molecule has 1 N–H and O–H groups in total. The number of likely N-dealkylation sites (tertiary alicyclic amines) is 1. The molecule has 2 aromatic rings. The molecule has 1 amide bonds. The molecule has 2 aliphatic heterocycles. The first-order valence-corrected chi connectivity index (χ1v) is 12.8. The Hall–Kier alpha value is -3.23. The van der Waals surface area contributed by atoms with Crippen LogP contribution in [0.15, 0.2) is 48.3 Å². The molecule has 0 saturated carbocycles. The van der Waals surface area contributed by atoms with Crippen LogP contribution in [-0.4, -0.2) is 67.6 Å². The van der Waals surface area contributed by atoms with Crippen molar-refractivity contribution in [1.29, 1.82) is 0 Å². The summed E-state index contributed by atoms with van der Waals surface area (Å²) in [6.07, 6.45) is 5.97. The quantitative estimate of drug-likeness (QED) is 0.231. The van der Waals surface area contributed by atoms with Crippen LogP contribution < -0.4 is 14.7 Å². The SMILES string of the molecule is CCCCOc1ccc(C([O-])=C2C(=O)C(=O)N(CCC[NH+]3CCOCC3)C2c2cccnc2)cc1C. The van der Waals surface area contributed by atoms with Crippen molar-refractivity contribution in [2.24, 2.45) is 0 Å². The Morgan fingerprint density at radius 2 is 2.03 bits per heavy atom. The number of unbranched alkanes of at least 4 members (excludes halogenated alkanes) is 1. The standard InChI is InChI=1S/C28H35N3O5/c1-3-4-15-36-23-9-8-21(18-20(23)2)26(32)24-25(22-7-5-10-29-19-22)31(28(34)27(24)33)12-6-11-30-13-16-35-17-14-30/h5,7-10,18-19,25,32H,3-4,6,11-17H2,1-2H3. The number of ketones is 1. The van der Waals surface area contributed by atoms with Crippen molar-refractivity contribution in [3.63, 3.8) is 0 Å². The molecule has 8 heteroatoms. The average molecular weight is 494 g/mol. The number of hydrogen-bond donors (Lipinski definition) is 1. The Kier molecular flexibility index (Phi) is 8.72. The van der Waals surface area contributed by atoms with Crippen LogP contribution in [0.1, 0.15) is 48.9 Å². The predicted molar refractivity (Wildman–Crippen MR) is 133 cm³/mol. The number of aryl methyl sites for hydroxylation is 1. The number of benzene rings is 1. The summed E-state index contributed by atoms with van der Waals surface area (Å²) in [4.78, 5) is 33.5. The summed E-state index contributed by atoms with van der Waals surface area (Å²) in [5.41, 5.74) is 1.85. The molecule has 3 heterocycles. The van der Waals surface area contributed by atoms with Crippen molar-refractivity contribution in [3.8, 4) is 5.75 Å². The predicted octanol–water partition coefficient (Wildman–Crippen LogP) is 1.10. The van der Waals surface area contributed by atoms with E-state index in [9.17, 15) is 14.7 Å². The summed E-state index contributed by atoms with van der Waals surface area (Å²) in [6, 6.07) is 8.00. The van der Waals surface area contributed by atoms with Crippen molar-refractivity contribution in [1.82, 2.24) is 9.88 Å². The van der Waals surface area contributed by atoms with Gasteiger partial charge in [0.1, 0.15) is 18.8 Å².